The van der Waals surface area contributed by atoms with Crippen molar-refractivity contribution >= 4 is 24.7 Å². The van der Waals surface area contributed by atoms with E-state index >= 15 is 0 Å². The zero-order chi connectivity index (χ0) is 21.4. The lowest BCUT2D eigenvalue weighted by molar-refractivity contribution is -0.136. The summed E-state index contributed by atoms with van der Waals surface area (Å²) >= 11 is 0. The molecule has 0 amide bonds. The first-order chi connectivity index (χ1) is 14.4. The highest BCUT2D eigenvalue weighted by Crippen LogP contribution is 2.48. The Balaban J connectivity index is 1.72. The highest BCUT2D eigenvalue weighted by molar-refractivity contribution is 6.99. The van der Waals surface area contributed by atoms with Crippen LogP contribution in [0.15, 0.2) is 72.3 Å². The molecule has 2 aromatic rings. The lowest BCUT2D eigenvalue weighted by atomic mass is 9.95. The fraction of sp³-hybridized carbons (Fsp3) is 0.423. The number of fused-ring (bicyclic) bond motifs is 1. The van der Waals surface area contributed by atoms with E-state index in [1.807, 2.05) is 0 Å². The number of carbonyl (C=O) groups excluding carboxylic acids is 1. The molecule has 0 saturated heterocycles. The molecule has 2 aliphatic carbocycles. The Morgan fingerprint density at radius 2 is 1.50 bits per heavy atom. The van der Waals surface area contributed by atoms with Crippen molar-refractivity contribution in [2.45, 2.75) is 51.2 Å². The Morgan fingerprint density at radius 3 is 2.00 bits per heavy atom. The molecule has 1 saturated carbocycles. The van der Waals surface area contributed by atoms with Crippen LogP contribution in [0.3, 0.4) is 0 Å². The van der Waals surface area contributed by atoms with Crippen LogP contribution >= 0.6 is 0 Å². The fourth-order valence-corrected chi connectivity index (χ4v) is 10.2. The third-order valence-electron chi connectivity index (χ3n) is 6.87. The summed E-state index contributed by atoms with van der Waals surface area (Å²) in [5, 5.41) is 2.59. The average Bonchev–Trinajstić information content (AvgIpc) is 3.32. The molecule has 30 heavy (non-hydrogen) atoms. The van der Waals surface area contributed by atoms with Gasteiger partial charge in [0.25, 0.3) is 8.32 Å². The van der Waals surface area contributed by atoms with Crippen LogP contribution in [0.4, 0.5) is 0 Å². The molecule has 0 heterocycles. The molecule has 2 aromatic carbocycles. The molecule has 4 rings (SSSR count). The monoisotopic (exact) mass is 420 g/mol. The number of ether oxygens (including phenoxy) is 1. The molecule has 2 aliphatic rings. The van der Waals surface area contributed by atoms with Gasteiger partial charge in [-0.25, -0.2) is 4.79 Å². The zero-order valence-corrected chi connectivity index (χ0v) is 19.4. The van der Waals surface area contributed by atoms with Gasteiger partial charge in [0.15, 0.2) is 0 Å². The lowest BCUT2D eigenvalue weighted by Gasteiger charge is -2.44. The predicted molar refractivity (Wildman–Crippen MR) is 123 cm³/mol. The summed E-state index contributed by atoms with van der Waals surface area (Å²) in [5.74, 6) is 0.580. The number of carbonyl (C=O) groups is 1. The van der Waals surface area contributed by atoms with Crippen LogP contribution in [0.2, 0.25) is 5.04 Å². The topological polar surface area (TPSA) is 35.5 Å². The summed E-state index contributed by atoms with van der Waals surface area (Å²) in [4.78, 5) is 12.2. The van der Waals surface area contributed by atoms with E-state index in [-0.39, 0.29) is 23.0 Å². The fourth-order valence-electron chi connectivity index (χ4n) is 5.54. The Morgan fingerprint density at radius 1 is 0.933 bits per heavy atom. The molecule has 158 valence electrons. The van der Waals surface area contributed by atoms with Crippen molar-refractivity contribution in [3.8, 4) is 0 Å². The second-order valence-electron chi connectivity index (χ2n) is 9.63. The van der Waals surface area contributed by atoms with Gasteiger partial charge >= 0.3 is 5.97 Å². The van der Waals surface area contributed by atoms with Crippen LogP contribution in [-0.4, -0.2) is 27.5 Å². The third-order valence-corrected chi connectivity index (χ3v) is 12.0. The van der Waals surface area contributed by atoms with E-state index in [0.29, 0.717) is 5.92 Å². The maximum atomic E-state index is 12.2. The van der Waals surface area contributed by atoms with E-state index in [9.17, 15) is 4.79 Å². The van der Waals surface area contributed by atoms with Gasteiger partial charge < -0.3 is 9.16 Å². The highest BCUT2D eigenvalue weighted by atomic mass is 28.4. The quantitative estimate of drug-likeness (QED) is 0.529. The molecule has 0 aromatic heterocycles. The minimum absolute atomic E-state index is 0.0333. The number of rotatable bonds is 5. The lowest BCUT2D eigenvalue weighted by Crippen LogP contribution is -2.67. The van der Waals surface area contributed by atoms with Crippen LogP contribution in [0, 0.1) is 11.8 Å². The largest absolute Gasteiger partial charge is 0.466 e. The summed E-state index contributed by atoms with van der Waals surface area (Å²) in [6, 6.07) is 21.6. The van der Waals surface area contributed by atoms with Crippen LogP contribution in [0.25, 0.3) is 0 Å². The van der Waals surface area contributed by atoms with Gasteiger partial charge in [0.05, 0.1) is 7.11 Å². The normalized spacial score (nSPS) is 23.7. The Hall–Kier alpha value is -2.17. The molecule has 1 fully saturated rings. The minimum atomic E-state index is -2.56. The Kier molecular flexibility index (Phi) is 5.73. The van der Waals surface area contributed by atoms with E-state index in [4.69, 9.17) is 9.16 Å². The van der Waals surface area contributed by atoms with Gasteiger partial charge in [0, 0.05) is 11.7 Å². The van der Waals surface area contributed by atoms with Crippen molar-refractivity contribution in [3.63, 3.8) is 0 Å². The van der Waals surface area contributed by atoms with Crippen molar-refractivity contribution in [3.05, 3.63) is 72.3 Å². The Labute approximate surface area is 181 Å². The van der Waals surface area contributed by atoms with Crippen LogP contribution < -0.4 is 10.4 Å². The van der Waals surface area contributed by atoms with E-state index in [0.717, 1.165) is 24.8 Å². The zero-order valence-electron chi connectivity index (χ0n) is 18.4. The van der Waals surface area contributed by atoms with Crippen molar-refractivity contribution in [2.24, 2.45) is 11.8 Å². The van der Waals surface area contributed by atoms with E-state index in [1.165, 1.54) is 17.5 Å². The number of hydrogen-bond acceptors (Lipinski definition) is 3. The highest BCUT2D eigenvalue weighted by Gasteiger charge is 2.53. The standard InChI is InChI=1S/C26H32O3Si/c1-26(2,3)30(21-11-7-5-8-12-21,22-13-9-6-10-14-22)29-20-17-19-15-16-23(24(19)18-20)25(27)28-4/h5-14,16,19-20,24H,15,17-18H2,1-4H3. The van der Waals surface area contributed by atoms with E-state index in [1.54, 1.807) is 0 Å². The molecule has 3 atom stereocenters. The minimum Gasteiger partial charge on any atom is -0.466 e. The Bertz CT molecular complexity index is 875. The maximum Gasteiger partial charge on any atom is 0.333 e. The van der Waals surface area contributed by atoms with Crippen molar-refractivity contribution in [2.75, 3.05) is 7.11 Å². The number of esters is 1. The smallest absolute Gasteiger partial charge is 0.333 e. The van der Waals surface area contributed by atoms with Crippen LogP contribution in [0.1, 0.15) is 40.0 Å². The molecule has 0 spiro atoms. The van der Waals surface area contributed by atoms with Gasteiger partial charge in [-0.15, -0.1) is 0 Å². The van der Waals surface area contributed by atoms with Gasteiger partial charge in [-0.3, -0.25) is 0 Å². The van der Waals surface area contributed by atoms with E-state index < -0.39 is 8.32 Å². The number of benzene rings is 2. The van der Waals surface area contributed by atoms with Crippen LogP contribution in [0.5, 0.6) is 0 Å². The van der Waals surface area contributed by atoms with Crippen molar-refractivity contribution in [1.29, 1.82) is 0 Å². The number of methoxy groups -OCH3 is 1. The summed E-state index contributed by atoms with van der Waals surface area (Å²) in [6.07, 6.45) is 5.10. The summed E-state index contributed by atoms with van der Waals surface area (Å²) < 4.78 is 12.3. The van der Waals surface area contributed by atoms with Gasteiger partial charge in [-0.1, -0.05) is 87.5 Å². The van der Waals surface area contributed by atoms with Crippen molar-refractivity contribution in [1.82, 2.24) is 0 Å². The first kappa shape index (κ1) is 21.1. The molecular weight excluding hydrogens is 388 g/mol. The van der Waals surface area contributed by atoms with Gasteiger partial charge in [0.1, 0.15) is 0 Å². The van der Waals surface area contributed by atoms with Gasteiger partial charge in [-0.2, -0.15) is 0 Å². The number of hydrogen-bond donors (Lipinski definition) is 0. The van der Waals surface area contributed by atoms with Crippen LogP contribution in [-0.2, 0) is 14.0 Å². The molecule has 3 unspecified atom stereocenters. The first-order valence-electron chi connectivity index (χ1n) is 10.9. The first-order valence-corrected chi connectivity index (χ1v) is 12.8. The number of allylic oxidation sites excluding steroid dienone is 1. The maximum absolute atomic E-state index is 12.2. The predicted octanol–water partition coefficient (Wildman–Crippen LogP) is 4.46. The van der Waals surface area contributed by atoms with Crippen molar-refractivity contribution < 1.29 is 14.0 Å². The second-order valence-corrected chi connectivity index (χ2v) is 13.9. The average molecular weight is 421 g/mol. The molecule has 3 nitrogen and oxygen atoms in total. The molecule has 0 aliphatic heterocycles. The van der Waals surface area contributed by atoms with Gasteiger partial charge in [0.2, 0.25) is 0 Å². The summed E-state index contributed by atoms with van der Waals surface area (Å²) in [5.41, 5.74) is 0.857. The molecule has 4 heteroatoms. The summed E-state index contributed by atoms with van der Waals surface area (Å²) in [6.45, 7) is 6.94. The van der Waals surface area contributed by atoms with E-state index in [2.05, 4.69) is 87.5 Å². The molecule has 0 bridgehead atoms. The third kappa shape index (κ3) is 3.56. The molecular formula is C26H32O3Si. The second kappa shape index (κ2) is 8.16. The molecule has 0 radical (unpaired) electrons. The summed E-state index contributed by atoms with van der Waals surface area (Å²) in [7, 11) is -1.08. The molecule has 0 N–H and O–H groups in total. The SMILES string of the molecule is COC(=O)C1=CCC2CC(O[Si](c3ccccc3)(c3ccccc3)C(C)(C)C)CC12. The van der Waals surface area contributed by atoms with Gasteiger partial charge in [-0.05, 0) is 46.5 Å².